The highest BCUT2D eigenvalue weighted by Crippen LogP contribution is 2.27. The average Bonchev–Trinajstić information content (AvgIpc) is 3.06. The molecular weight excluding hydrogens is 314 g/mol. The molecular formula is C12H10ClN5S2. The predicted octanol–water partition coefficient (Wildman–Crippen LogP) is 3.06. The summed E-state index contributed by atoms with van der Waals surface area (Å²) in [5, 5.41) is 12.1. The maximum absolute atomic E-state index is 5.88. The van der Waals surface area contributed by atoms with Crippen LogP contribution >= 0.6 is 34.7 Å². The van der Waals surface area contributed by atoms with Crippen LogP contribution in [0.3, 0.4) is 0 Å². The van der Waals surface area contributed by atoms with Gasteiger partial charge in [-0.3, -0.25) is 0 Å². The number of aromatic nitrogens is 4. The molecule has 0 radical (unpaired) electrons. The molecule has 8 heteroatoms. The Morgan fingerprint density at radius 2 is 2.10 bits per heavy atom. The summed E-state index contributed by atoms with van der Waals surface area (Å²) in [7, 11) is 0. The van der Waals surface area contributed by atoms with Crippen LogP contribution in [0.5, 0.6) is 0 Å². The molecule has 3 rings (SSSR count). The molecule has 0 aliphatic carbocycles. The van der Waals surface area contributed by atoms with E-state index in [1.165, 1.54) is 22.8 Å². The standard InChI is InChI=1S/C12H10ClN5S2/c13-9-3-1-8(2-4-9)11-16-10(5-19-11)6-20-12-17-15-7-18(12)14/h1-5,7H,6,14H2. The van der Waals surface area contributed by atoms with E-state index in [4.69, 9.17) is 17.4 Å². The van der Waals surface area contributed by atoms with Crippen LogP contribution in [0.4, 0.5) is 0 Å². The second-order valence-corrected chi connectivity index (χ2v) is 6.20. The molecule has 0 spiro atoms. The number of thiazole rings is 1. The molecule has 20 heavy (non-hydrogen) atoms. The van der Waals surface area contributed by atoms with Gasteiger partial charge in [0.1, 0.15) is 11.3 Å². The van der Waals surface area contributed by atoms with Gasteiger partial charge in [0.05, 0.1) is 5.69 Å². The first-order valence-corrected chi connectivity index (χ1v) is 7.95. The highest BCUT2D eigenvalue weighted by molar-refractivity contribution is 7.98. The van der Waals surface area contributed by atoms with Gasteiger partial charge in [0.2, 0.25) is 5.16 Å². The minimum Gasteiger partial charge on any atom is -0.336 e. The van der Waals surface area contributed by atoms with Crippen molar-refractivity contribution in [2.45, 2.75) is 10.9 Å². The number of nitrogens with two attached hydrogens (primary N) is 1. The first kappa shape index (κ1) is 13.4. The number of nitrogens with zero attached hydrogens (tertiary/aromatic N) is 4. The minimum atomic E-state index is 0.672. The zero-order valence-corrected chi connectivity index (χ0v) is 12.6. The highest BCUT2D eigenvalue weighted by atomic mass is 35.5. The van der Waals surface area contributed by atoms with E-state index in [0.29, 0.717) is 10.9 Å². The van der Waals surface area contributed by atoms with Gasteiger partial charge in [0.15, 0.2) is 0 Å². The van der Waals surface area contributed by atoms with E-state index in [1.54, 1.807) is 11.3 Å². The Balaban J connectivity index is 1.71. The quantitative estimate of drug-likeness (QED) is 0.590. The molecule has 0 fully saturated rings. The monoisotopic (exact) mass is 323 g/mol. The normalized spacial score (nSPS) is 10.8. The number of rotatable bonds is 4. The summed E-state index contributed by atoms with van der Waals surface area (Å²) in [6.07, 6.45) is 1.47. The molecule has 0 amide bonds. The maximum Gasteiger partial charge on any atom is 0.209 e. The Hall–Kier alpha value is -1.57. The average molecular weight is 324 g/mol. The van der Waals surface area contributed by atoms with E-state index >= 15 is 0 Å². The van der Waals surface area contributed by atoms with Crippen LogP contribution in [-0.2, 0) is 5.75 Å². The number of halogens is 1. The summed E-state index contributed by atoms with van der Waals surface area (Å²) in [6.45, 7) is 0. The molecule has 2 N–H and O–H groups in total. The first-order valence-electron chi connectivity index (χ1n) is 5.70. The molecule has 2 aromatic heterocycles. The van der Waals surface area contributed by atoms with E-state index in [0.717, 1.165) is 21.3 Å². The van der Waals surface area contributed by atoms with Crippen molar-refractivity contribution in [1.82, 2.24) is 19.9 Å². The molecule has 0 atom stereocenters. The third kappa shape index (κ3) is 2.95. The van der Waals surface area contributed by atoms with Gasteiger partial charge in [0.25, 0.3) is 0 Å². The van der Waals surface area contributed by atoms with Gasteiger partial charge in [-0.2, -0.15) is 0 Å². The summed E-state index contributed by atoms with van der Waals surface area (Å²) >= 11 is 8.99. The van der Waals surface area contributed by atoms with Gasteiger partial charge < -0.3 is 5.84 Å². The predicted molar refractivity (Wildman–Crippen MR) is 82.3 cm³/mol. The molecule has 2 heterocycles. The Morgan fingerprint density at radius 3 is 2.80 bits per heavy atom. The number of nitrogen functional groups attached to an aromatic ring is 1. The Labute approximate surface area is 128 Å². The number of hydrogen-bond acceptors (Lipinski definition) is 6. The summed E-state index contributed by atoms with van der Waals surface area (Å²) in [6, 6.07) is 7.66. The SMILES string of the molecule is Nn1cnnc1SCc1csc(-c2ccc(Cl)cc2)n1. The van der Waals surface area contributed by atoms with Crippen molar-refractivity contribution in [3.63, 3.8) is 0 Å². The van der Waals surface area contributed by atoms with E-state index < -0.39 is 0 Å². The first-order chi connectivity index (χ1) is 9.72. The van der Waals surface area contributed by atoms with Crippen molar-refractivity contribution in [1.29, 1.82) is 0 Å². The van der Waals surface area contributed by atoms with Gasteiger partial charge >= 0.3 is 0 Å². The third-order valence-electron chi connectivity index (χ3n) is 2.53. The van der Waals surface area contributed by atoms with Crippen LogP contribution in [0.15, 0.2) is 41.1 Å². The van der Waals surface area contributed by atoms with Gasteiger partial charge in [-0.15, -0.1) is 21.5 Å². The zero-order valence-electron chi connectivity index (χ0n) is 10.2. The number of thioether (sulfide) groups is 1. The summed E-state index contributed by atoms with van der Waals surface area (Å²) in [5.41, 5.74) is 2.06. The van der Waals surface area contributed by atoms with Crippen LogP contribution in [-0.4, -0.2) is 19.9 Å². The fourth-order valence-electron chi connectivity index (χ4n) is 1.57. The second-order valence-electron chi connectivity index (χ2n) is 3.96. The van der Waals surface area contributed by atoms with Crippen LogP contribution in [0, 0.1) is 0 Å². The van der Waals surface area contributed by atoms with Crippen LogP contribution < -0.4 is 5.84 Å². The van der Waals surface area contributed by atoms with Gasteiger partial charge in [-0.05, 0) is 12.1 Å². The molecule has 0 aliphatic heterocycles. The lowest BCUT2D eigenvalue weighted by Gasteiger charge is -1.98. The molecule has 3 aromatic rings. The highest BCUT2D eigenvalue weighted by Gasteiger charge is 2.07. The smallest absolute Gasteiger partial charge is 0.209 e. The maximum atomic E-state index is 5.88. The number of hydrogen-bond donors (Lipinski definition) is 1. The topological polar surface area (TPSA) is 69.6 Å². The van der Waals surface area contributed by atoms with Gasteiger partial charge in [0, 0.05) is 21.7 Å². The Bertz CT molecular complexity index is 707. The van der Waals surface area contributed by atoms with Crippen molar-refractivity contribution in [3.05, 3.63) is 46.7 Å². The van der Waals surface area contributed by atoms with Crippen molar-refractivity contribution < 1.29 is 0 Å². The van der Waals surface area contributed by atoms with Gasteiger partial charge in [-0.25, -0.2) is 9.66 Å². The lowest BCUT2D eigenvalue weighted by molar-refractivity contribution is 0.845. The van der Waals surface area contributed by atoms with E-state index in [9.17, 15) is 0 Å². The summed E-state index contributed by atoms with van der Waals surface area (Å²) < 4.78 is 1.40. The minimum absolute atomic E-state index is 0.672. The molecule has 5 nitrogen and oxygen atoms in total. The van der Waals surface area contributed by atoms with Gasteiger partial charge in [-0.1, -0.05) is 35.5 Å². The molecule has 0 aliphatic rings. The van der Waals surface area contributed by atoms with Crippen LogP contribution in [0.1, 0.15) is 5.69 Å². The van der Waals surface area contributed by atoms with Crippen LogP contribution in [0.25, 0.3) is 10.6 Å². The lowest BCUT2D eigenvalue weighted by Crippen LogP contribution is -2.07. The summed E-state index contributed by atoms with van der Waals surface area (Å²) in [4.78, 5) is 4.60. The van der Waals surface area contributed by atoms with Crippen molar-refractivity contribution in [2.75, 3.05) is 5.84 Å². The van der Waals surface area contributed by atoms with Crippen molar-refractivity contribution in [3.8, 4) is 10.6 Å². The Kier molecular flexibility index (Phi) is 3.90. The third-order valence-corrected chi connectivity index (χ3v) is 4.72. The molecule has 0 unspecified atom stereocenters. The number of benzene rings is 1. The van der Waals surface area contributed by atoms with Crippen LogP contribution in [0.2, 0.25) is 5.02 Å². The van der Waals surface area contributed by atoms with Crippen molar-refractivity contribution in [2.24, 2.45) is 0 Å². The van der Waals surface area contributed by atoms with Crippen molar-refractivity contribution >= 4 is 34.7 Å². The molecule has 102 valence electrons. The van der Waals surface area contributed by atoms with E-state index in [-0.39, 0.29) is 0 Å². The fourth-order valence-corrected chi connectivity index (χ4v) is 3.36. The fraction of sp³-hybridized carbons (Fsp3) is 0.0833. The molecule has 0 saturated carbocycles. The lowest BCUT2D eigenvalue weighted by atomic mass is 10.2. The Morgan fingerprint density at radius 1 is 1.30 bits per heavy atom. The molecule has 0 saturated heterocycles. The second kappa shape index (κ2) is 5.82. The molecule has 0 bridgehead atoms. The summed E-state index contributed by atoms with van der Waals surface area (Å²) in [5.74, 6) is 6.36. The van der Waals surface area contributed by atoms with E-state index in [1.807, 2.05) is 29.6 Å². The zero-order chi connectivity index (χ0) is 13.9. The molecule has 1 aromatic carbocycles. The van der Waals surface area contributed by atoms with E-state index in [2.05, 4.69) is 15.2 Å². The largest absolute Gasteiger partial charge is 0.336 e.